The summed E-state index contributed by atoms with van der Waals surface area (Å²) in [6.07, 6.45) is 4.35. The van der Waals surface area contributed by atoms with Crippen LogP contribution in [0.15, 0.2) is 0 Å². The van der Waals surface area contributed by atoms with E-state index in [0.717, 1.165) is 31.5 Å². The summed E-state index contributed by atoms with van der Waals surface area (Å²) >= 11 is 1.30. The Balaban J connectivity index is 1.78. The van der Waals surface area contributed by atoms with E-state index in [1.54, 1.807) is 4.52 Å². The Kier molecular flexibility index (Phi) is 2.99. The van der Waals surface area contributed by atoms with Crippen molar-refractivity contribution in [1.82, 2.24) is 25.1 Å². The molecule has 0 atom stereocenters. The predicted octanol–water partition coefficient (Wildman–Crippen LogP) is 1.59. The Hall–Kier alpha value is -1.50. The highest BCUT2D eigenvalue weighted by atomic mass is 32.1. The number of carbonyl (C=O) groups is 1. The molecule has 0 bridgehead atoms. The van der Waals surface area contributed by atoms with Gasteiger partial charge in [0.1, 0.15) is 0 Å². The molecule has 1 fully saturated rings. The molecule has 0 aliphatic heterocycles. The maximum atomic E-state index is 11.9. The highest BCUT2D eigenvalue weighted by Crippen LogP contribution is 2.39. The molecule has 0 radical (unpaired) electrons. The molecule has 3 rings (SSSR count). The number of aromatic nitrogens is 4. The van der Waals surface area contributed by atoms with Crippen LogP contribution in [0.5, 0.6) is 0 Å². The van der Waals surface area contributed by atoms with E-state index in [4.69, 9.17) is 0 Å². The van der Waals surface area contributed by atoms with Crippen LogP contribution in [0.2, 0.25) is 0 Å². The second-order valence-electron chi connectivity index (χ2n) is 4.54. The number of amides is 1. The van der Waals surface area contributed by atoms with Crippen LogP contribution in [0.3, 0.4) is 0 Å². The van der Waals surface area contributed by atoms with Gasteiger partial charge in [0.15, 0.2) is 5.82 Å². The number of unbranched alkanes of at least 4 members (excludes halogenated alkanes) is 1. The van der Waals surface area contributed by atoms with Crippen LogP contribution in [0.1, 0.15) is 54.2 Å². The van der Waals surface area contributed by atoms with E-state index < -0.39 is 0 Å². The topological polar surface area (TPSA) is 72.2 Å². The lowest BCUT2D eigenvalue weighted by molar-refractivity contribution is 0.0951. The third kappa shape index (κ3) is 2.10. The van der Waals surface area contributed by atoms with Gasteiger partial charge in [-0.1, -0.05) is 24.7 Å². The number of rotatable bonds is 5. The van der Waals surface area contributed by atoms with Gasteiger partial charge in [0.2, 0.25) is 9.97 Å². The summed E-state index contributed by atoms with van der Waals surface area (Å²) in [5.74, 6) is 1.27. The zero-order valence-electron chi connectivity index (χ0n) is 10.2. The summed E-state index contributed by atoms with van der Waals surface area (Å²) in [7, 11) is 0. The number of fused-ring (bicyclic) bond motifs is 1. The first-order valence-corrected chi connectivity index (χ1v) is 7.11. The molecule has 6 nitrogen and oxygen atoms in total. The molecule has 1 amide bonds. The fraction of sp³-hybridized carbons (Fsp3) is 0.636. The fourth-order valence-electron chi connectivity index (χ4n) is 1.77. The van der Waals surface area contributed by atoms with E-state index in [-0.39, 0.29) is 5.91 Å². The highest BCUT2D eigenvalue weighted by Gasteiger charge is 2.30. The van der Waals surface area contributed by atoms with Gasteiger partial charge in [0.05, 0.1) is 0 Å². The minimum Gasteiger partial charge on any atom is -0.350 e. The van der Waals surface area contributed by atoms with Crippen molar-refractivity contribution >= 4 is 22.2 Å². The first-order valence-electron chi connectivity index (χ1n) is 6.30. The molecule has 0 saturated heterocycles. The minimum atomic E-state index is -0.110. The Morgan fingerprint density at radius 1 is 1.50 bits per heavy atom. The summed E-state index contributed by atoms with van der Waals surface area (Å²) < 4.78 is 1.72. The van der Waals surface area contributed by atoms with E-state index >= 15 is 0 Å². The molecule has 1 saturated carbocycles. The van der Waals surface area contributed by atoms with Crippen molar-refractivity contribution in [1.29, 1.82) is 0 Å². The molecule has 2 aromatic heterocycles. The lowest BCUT2D eigenvalue weighted by Crippen LogP contribution is -2.24. The molecule has 1 aliphatic rings. The van der Waals surface area contributed by atoms with Crippen molar-refractivity contribution in [2.45, 2.75) is 38.5 Å². The second kappa shape index (κ2) is 4.64. The molecule has 2 heterocycles. The van der Waals surface area contributed by atoms with Crippen LogP contribution >= 0.6 is 11.3 Å². The summed E-state index contributed by atoms with van der Waals surface area (Å²) in [6, 6.07) is 0. The molecular formula is C11H15N5OS. The van der Waals surface area contributed by atoms with Crippen molar-refractivity contribution in [2.75, 3.05) is 6.54 Å². The molecule has 7 heteroatoms. The minimum absolute atomic E-state index is 0.110. The van der Waals surface area contributed by atoms with Gasteiger partial charge in [0, 0.05) is 12.5 Å². The third-order valence-electron chi connectivity index (χ3n) is 2.97. The van der Waals surface area contributed by atoms with Crippen molar-refractivity contribution in [3.8, 4) is 0 Å². The fourth-order valence-corrected chi connectivity index (χ4v) is 2.54. The molecule has 18 heavy (non-hydrogen) atoms. The van der Waals surface area contributed by atoms with Gasteiger partial charge in [-0.25, -0.2) is 0 Å². The van der Waals surface area contributed by atoms with Gasteiger partial charge >= 0.3 is 0 Å². The maximum absolute atomic E-state index is 11.9. The SMILES string of the molecule is CCCCNC(=O)c1nn2c(C3CC3)nnc2s1. The van der Waals surface area contributed by atoms with Gasteiger partial charge in [-0.05, 0) is 19.3 Å². The zero-order valence-corrected chi connectivity index (χ0v) is 11.0. The Bertz CT molecular complexity index is 571. The number of carbonyl (C=O) groups excluding carboxylic acids is 1. The Labute approximate surface area is 108 Å². The number of hydrogen-bond acceptors (Lipinski definition) is 5. The van der Waals surface area contributed by atoms with Gasteiger partial charge in [-0.3, -0.25) is 4.79 Å². The molecule has 96 valence electrons. The first kappa shape index (κ1) is 11.6. The molecular weight excluding hydrogens is 250 g/mol. The number of nitrogens with one attached hydrogen (secondary N) is 1. The van der Waals surface area contributed by atoms with Gasteiger partial charge in [-0.15, -0.1) is 15.3 Å². The summed E-state index contributed by atoms with van der Waals surface area (Å²) in [5.41, 5.74) is 0. The second-order valence-corrected chi connectivity index (χ2v) is 5.50. The smallest absolute Gasteiger partial charge is 0.282 e. The van der Waals surface area contributed by atoms with E-state index in [0.29, 0.717) is 22.4 Å². The molecule has 0 aromatic carbocycles. The first-order chi connectivity index (χ1) is 8.79. The van der Waals surface area contributed by atoms with Crippen molar-refractivity contribution in [3.63, 3.8) is 0 Å². The normalized spacial score (nSPS) is 15.2. The van der Waals surface area contributed by atoms with Crippen LogP contribution in [-0.4, -0.2) is 32.3 Å². The molecule has 0 unspecified atom stereocenters. The van der Waals surface area contributed by atoms with Gasteiger partial charge in [-0.2, -0.15) is 4.52 Å². The summed E-state index contributed by atoms with van der Waals surface area (Å²) in [5, 5.41) is 15.8. The van der Waals surface area contributed by atoms with E-state index in [1.165, 1.54) is 11.3 Å². The van der Waals surface area contributed by atoms with E-state index in [1.807, 2.05) is 0 Å². The van der Waals surface area contributed by atoms with Crippen LogP contribution < -0.4 is 5.32 Å². The monoisotopic (exact) mass is 265 g/mol. The van der Waals surface area contributed by atoms with E-state index in [9.17, 15) is 4.79 Å². The highest BCUT2D eigenvalue weighted by molar-refractivity contribution is 7.18. The molecule has 2 aromatic rings. The molecule has 0 spiro atoms. The predicted molar refractivity (Wildman–Crippen MR) is 67.9 cm³/mol. The van der Waals surface area contributed by atoms with Crippen molar-refractivity contribution in [3.05, 3.63) is 10.8 Å². The van der Waals surface area contributed by atoms with Gasteiger partial charge < -0.3 is 5.32 Å². The third-order valence-corrected chi connectivity index (χ3v) is 3.87. The Morgan fingerprint density at radius 3 is 3.06 bits per heavy atom. The van der Waals surface area contributed by atoms with Crippen LogP contribution in [0.4, 0.5) is 0 Å². The standard InChI is InChI=1S/C11H15N5OS/c1-2-3-6-12-9(17)10-15-16-8(7-4-5-7)13-14-11(16)18-10/h7H,2-6H2,1H3,(H,12,17). The largest absolute Gasteiger partial charge is 0.350 e. The van der Waals surface area contributed by atoms with Crippen molar-refractivity contribution in [2.24, 2.45) is 0 Å². The lowest BCUT2D eigenvalue weighted by atomic mass is 10.3. The van der Waals surface area contributed by atoms with Crippen LogP contribution in [0, 0.1) is 0 Å². The average molecular weight is 265 g/mol. The van der Waals surface area contributed by atoms with E-state index in [2.05, 4.69) is 27.5 Å². The Morgan fingerprint density at radius 2 is 2.33 bits per heavy atom. The van der Waals surface area contributed by atoms with Gasteiger partial charge in [0.25, 0.3) is 5.91 Å². The molecule has 1 N–H and O–H groups in total. The van der Waals surface area contributed by atoms with Crippen LogP contribution in [-0.2, 0) is 0 Å². The maximum Gasteiger partial charge on any atom is 0.282 e. The summed E-state index contributed by atoms with van der Waals surface area (Å²) in [4.78, 5) is 12.6. The summed E-state index contributed by atoms with van der Waals surface area (Å²) in [6.45, 7) is 2.79. The zero-order chi connectivity index (χ0) is 12.5. The average Bonchev–Trinajstić information content (AvgIpc) is 2.99. The van der Waals surface area contributed by atoms with Crippen molar-refractivity contribution < 1.29 is 4.79 Å². The molecule has 1 aliphatic carbocycles. The number of nitrogens with zero attached hydrogens (tertiary/aromatic N) is 4. The quantitative estimate of drug-likeness (QED) is 0.833. The number of hydrogen-bond donors (Lipinski definition) is 1. The van der Waals surface area contributed by atoms with Crippen LogP contribution in [0.25, 0.3) is 4.96 Å². The lowest BCUT2D eigenvalue weighted by Gasteiger charge is -1.99.